The van der Waals surface area contributed by atoms with E-state index in [1.807, 2.05) is 0 Å². The van der Waals surface area contributed by atoms with Gasteiger partial charge in [-0.3, -0.25) is 4.57 Å². The molecule has 1 heterocycles. The molecule has 2 atom stereocenters. The third-order valence-electron chi connectivity index (χ3n) is 3.58. The van der Waals surface area contributed by atoms with E-state index in [0.29, 0.717) is 29.4 Å². The molecule has 11 heteroatoms. The molecule has 1 aromatic heterocycles. The maximum Gasteiger partial charge on any atom is 0.325 e. The summed E-state index contributed by atoms with van der Waals surface area (Å²) >= 11 is 0. The van der Waals surface area contributed by atoms with Gasteiger partial charge in [0.2, 0.25) is 0 Å². The predicted octanol–water partition coefficient (Wildman–Crippen LogP) is 2.14. The van der Waals surface area contributed by atoms with Gasteiger partial charge in [-0.05, 0) is 35.7 Å². The van der Waals surface area contributed by atoms with Crippen LogP contribution in [-0.2, 0) is 15.5 Å². The van der Waals surface area contributed by atoms with E-state index in [-0.39, 0.29) is 24.1 Å². The molecule has 142 valence electrons. The Labute approximate surface area is 150 Å². The van der Waals surface area contributed by atoms with Crippen molar-refractivity contribution >= 4 is 24.3 Å². The van der Waals surface area contributed by atoms with Crippen molar-refractivity contribution in [2.45, 2.75) is 18.9 Å². The molecule has 0 aliphatic carbocycles. The third kappa shape index (κ3) is 5.18. The van der Waals surface area contributed by atoms with Crippen LogP contribution in [0, 0.1) is 4.91 Å². The molecule has 10 nitrogen and oxygen atoms in total. The summed E-state index contributed by atoms with van der Waals surface area (Å²) in [6, 6.07) is 2.63. The first kappa shape index (κ1) is 20.2. The highest BCUT2D eigenvalue weighted by molar-refractivity contribution is 7.51. The van der Waals surface area contributed by atoms with Gasteiger partial charge < -0.3 is 24.6 Å². The molecule has 0 aliphatic rings. The van der Waals surface area contributed by atoms with Gasteiger partial charge in [0.25, 0.3) is 11.8 Å². The SMILES string of the molecule is COc1nc2cc(N=O)cc(CCC(N)COP(C)(=O)O)c2nc1OC. The number of fused-ring (bicyclic) bond motifs is 1. The van der Waals surface area contributed by atoms with Gasteiger partial charge in [-0.25, -0.2) is 9.97 Å². The summed E-state index contributed by atoms with van der Waals surface area (Å²) in [5.74, 6) is 0.411. The van der Waals surface area contributed by atoms with E-state index < -0.39 is 13.6 Å². The number of nitrogens with zero attached hydrogens (tertiary/aromatic N) is 3. The van der Waals surface area contributed by atoms with Gasteiger partial charge in [0.1, 0.15) is 5.69 Å². The number of benzene rings is 1. The molecule has 0 spiro atoms. The number of rotatable bonds is 9. The first-order chi connectivity index (χ1) is 12.3. The van der Waals surface area contributed by atoms with Crippen LogP contribution in [0.15, 0.2) is 17.3 Å². The standard InChI is InChI=1S/C15H21N4O6P/c1-23-14-15(24-2)18-13-9(6-11(19-20)7-12(13)17-14)4-5-10(16)8-25-26(3,21)22/h6-7,10H,4-5,8,16H2,1-3H3,(H,21,22). The van der Waals surface area contributed by atoms with Crippen molar-refractivity contribution in [2.75, 3.05) is 27.5 Å². The lowest BCUT2D eigenvalue weighted by atomic mass is 10.0. The molecule has 0 aliphatic heterocycles. The van der Waals surface area contributed by atoms with Crippen LogP contribution < -0.4 is 15.2 Å². The summed E-state index contributed by atoms with van der Waals surface area (Å²) in [4.78, 5) is 28.8. The molecule has 0 saturated heterocycles. The molecule has 2 rings (SSSR count). The predicted molar refractivity (Wildman–Crippen MR) is 96.1 cm³/mol. The Bertz CT molecular complexity index is 840. The smallest absolute Gasteiger partial charge is 0.325 e. The van der Waals surface area contributed by atoms with Crippen molar-refractivity contribution in [3.8, 4) is 11.8 Å². The number of aryl methyl sites for hydroxylation is 1. The lowest BCUT2D eigenvalue weighted by Gasteiger charge is -2.15. The third-order valence-corrected chi connectivity index (χ3v) is 4.20. The normalized spacial score (nSPS) is 14.7. The summed E-state index contributed by atoms with van der Waals surface area (Å²) < 4.78 is 26.3. The van der Waals surface area contributed by atoms with Crippen LogP contribution >= 0.6 is 7.60 Å². The number of methoxy groups -OCH3 is 2. The molecule has 2 aromatic rings. The fraction of sp³-hybridized carbons (Fsp3) is 0.467. The molecule has 2 unspecified atom stereocenters. The number of hydrogen-bond acceptors (Lipinski definition) is 9. The molecular weight excluding hydrogens is 363 g/mol. The monoisotopic (exact) mass is 384 g/mol. The summed E-state index contributed by atoms with van der Waals surface area (Å²) in [5, 5.41) is 2.96. The van der Waals surface area contributed by atoms with Crippen molar-refractivity contribution < 1.29 is 23.5 Å². The quantitative estimate of drug-likeness (QED) is 0.490. The second-order valence-corrected chi connectivity index (χ2v) is 7.57. The van der Waals surface area contributed by atoms with Crippen molar-refractivity contribution in [2.24, 2.45) is 10.9 Å². The van der Waals surface area contributed by atoms with E-state index in [0.717, 1.165) is 6.66 Å². The summed E-state index contributed by atoms with van der Waals surface area (Å²) in [5.41, 5.74) is 7.79. The maximum absolute atomic E-state index is 11.2. The average molecular weight is 384 g/mol. The number of aromatic nitrogens is 2. The van der Waals surface area contributed by atoms with E-state index in [2.05, 4.69) is 15.1 Å². The summed E-state index contributed by atoms with van der Waals surface area (Å²) in [7, 11) is -0.689. The van der Waals surface area contributed by atoms with Crippen LogP contribution in [0.4, 0.5) is 5.69 Å². The van der Waals surface area contributed by atoms with E-state index in [9.17, 15) is 9.47 Å². The molecule has 0 fully saturated rings. The summed E-state index contributed by atoms with van der Waals surface area (Å²) in [6.07, 6.45) is 0.876. The van der Waals surface area contributed by atoms with Crippen molar-refractivity contribution in [3.63, 3.8) is 0 Å². The van der Waals surface area contributed by atoms with E-state index in [1.54, 1.807) is 6.07 Å². The Morgan fingerprint density at radius 3 is 2.50 bits per heavy atom. The lowest BCUT2D eigenvalue weighted by molar-refractivity contribution is 0.242. The zero-order chi connectivity index (χ0) is 19.3. The molecule has 1 aromatic carbocycles. The van der Waals surface area contributed by atoms with Gasteiger partial charge in [-0.15, -0.1) is 4.91 Å². The molecule has 0 saturated carbocycles. The van der Waals surface area contributed by atoms with E-state index in [4.69, 9.17) is 24.6 Å². The highest BCUT2D eigenvalue weighted by atomic mass is 31.2. The van der Waals surface area contributed by atoms with Crippen LogP contribution in [0.25, 0.3) is 11.0 Å². The molecule has 0 radical (unpaired) electrons. The highest BCUT2D eigenvalue weighted by Crippen LogP contribution is 2.36. The zero-order valence-electron chi connectivity index (χ0n) is 14.7. The molecule has 0 amide bonds. The first-order valence-corrected chi connectivity index (χ1v) is 9.76. The van der Waals surface area contributed by atoms with Crippen LogP contribution in [0.5, 0.6) is 11.8 Å². The number of hydrogen-bond donors (Lipinski definition) is 2. The van der Waals surface area contributed by atoms with E-state index >= 15 is 0 Å². The van der Waals surface area contributed by atoms with Crippen molar-refractivity contribution in [1.82, 2.24) is 9.97 Å². The fourth-order valence-electron chi connectivity index (χ4n) is 2.35. The Hall–Kier alpha value is -2.13. The Morgan fingerprint density at radius 2 is 1.92 bits per heavy atom. The highest BCUT2D eigenvalue weighted by Gasteiger charge is 2.17. The minimum Gasteiger partial charge on any atom is -0.477 e. The average Bonchev–Trinajstić information content (AvgIpc) is 2.62. The van der Waals surface area contributed by atoms with Crippen molar-refractivity contribution in [1.29, 1.82) is 0 Å². The maximum atomic E-state index is 11.2. The molecule has 0 bridgehead atoms. The van der Waals surface area contributed by atoms with Crippen LogP contribution in [0.3, 0.4) is 0 Å². The first-order valence-electron chi connectivity index (χ1n) is 7.73. The van der Waals surface area contributed by atoms with Gasteiger partial charge in [0, 0.05) is 12.7 Å². The number of ether oxygens (including phenoxy) is 2. The van der Waals surface area contributed by atoms with Gasteiger partial charge >= 0.3 is 7.60 Å². The molecule has 26 heavy (non-hydrogen) atoms. The Balaban J connectivity index is 2.30. The number of nitroso groups, excluding NO2 is 1. The fourth-order valence-corrected chi connectivity index (χ4v) is 2.82. The molecular formula is C15H21N4O6P. The Morgan fingerprint density at radius 1 is 1.27 bits per heavy atom. The van der Waals surface area contributed by atoms with Crippen LogP contribution in [0.2, 0.25) is 0 Å². The summed E-state index contributed by atoms with van der Waals surface area (Å²) in [6.45, 7) is 1.04. The van der Waals surface area contributed by atoms with E-state index in [1.165, 1.54) is 20.3 Å². The lowest BCUT2D eigenvalue weighted by Crippen LogP contribution is -2.26. The van der Waals surface area contributed by atoms with Crippen LogP contribution in [0.1, 0.15) is 12.0 Å². The second kappa shape index (κ2) is 8.50. The van der Waals surface area contributed by atoms with Gasteiger partial charge in [-0.2, -0.15) is 0 Å². The van der Waals surface area contributed by atoms with Gasteiger partial charge in [0.05, 0.1) is 31.9 Å². The minimum atomic E-state index is -3.58. The zero-order valence-corrected chi connectivity index (χ0v) is 15.6. The largest absolute Gasteiger partial charge is 0.477 e. The van der Waals surface area contributed by atoms with Crippen LogP contribution in [-0.4, -0.2) is 48.4 Å². The minimum absolute atomic E-state index is 0.0589. The van der Waals surface area contributed by atoms with Crippen molar-refractivity contribution in [3.05, 3.63) is 22.6 Å². The Kier molecular flexibility index (Phi) is 6.60. The topological polar surface area (TPSA) is 146 Å². The number of nitrogens with two attached hydrogens (primary N) is 1. The van der Waals surface area contributed by atoms with Gasteiger partial charge in [-0.1, -0.05) is 0 Å². The van der Waals surface area contributed by atoms with Gasteiger partial charge in [0.15, 0.2) is 0 Å². The second-order valence-electron chi connectivity index (χ2n) is 5.70. The molecule has 3 N–H and O–H groups in total.